The number of nitrogens with zero attached hydrogens (tertiary/aromatic N) is 1. The molecule has 29 heavy (non-hydrogen) atoms. The second kappa shape index (κ2) is 9.00. The zero-order valence-corrected chi connectivity index (χ0v) is 20.0. The third-order valence-corrected chi connectivity index (χ3v) is 5.77. The Balaban J connectivity index is 1.77. The van der Waals surface area contributed by atoms with Crippen LogP contribution in [-0.2, 0) is 9.53 Å². The number of esters is 1. The Labute approximate surface area is 196 Å². The van der Waals surface area contributed by atoms with Gasteiger partial charge in [0.2, 0.25) is 6.10 Å². The van der Waals surface area contributed by atoms with Crippen LogP contribution in [-0.4, -0.2) is 5.97 Å². The summed E-state index contributed by atoms with van der Waals surface area (Å²) in [5.41, 5.74) is 0.144. The van der Waals surface area contributed by atoms with E-state index in [0.29, 0.717) is 11.3 Å². The molecule has 0 bridgehead atoms. The van der Waals surface area contributed by atoms with Crippen LogP contribution in [0.15, 0.2) is 56.2 Å². The maximum atomic E-state index is 14.2. The number of hydrogen-bond donors (Lipinski definition) is 0. The first-order valence-electron chi connectivity index (χ1n) is 8.89. The zero-order chi connectivity index (χ0) is 21.2. The van der Waals surface area contributed by atoms with Gasteiger partial charge in [0.05, 0.1) is 5.92 Å². The van der Waals surface area contributed by atoms with Crippen molar-refractivity contribution < 1.29 is 18.7 Å². The Morgan fingerprint density at radius 3 is 2.55 bits per heavy atom. The first-order chi connectivity index (χ1) is 13.7. The normalized spacial score (nSPS) is 20.1. The third kappa shape index (κ3) is 5.09. The molecule has 4 nitrogen and oxygen atoms in total. The minimum absolute atomic E-state index is 0.0305. The Bertz CT molecular complexity index is 981. The highest BCUT2D eigenvalue weighted by molar-refractivity contribution is 14.2. The molecule has 1 fully saturated rings. The van der Waals surface area contributed by atoms with E-state index in [1.807, 2.05) is 32.1 Å². The van der Waals surface area contributed by atoms with E-state index in [1.165, 1.54) is 18.2 Å². The van der Waals surface area contributed by atoms with Gasteiger partial charge < -0.3 is 9.47 Å². The van der Waals surface area contributed by atoms with Crippen LogP contribution in [0.2, 0.25) is 0 Å². The number of halogens is 3. The number of ether oxygens (including phenoxy) is 2. The first-order valence-corrected chi connectivity index (χ1v) is 11.0. The van der Waals surface area contributed by atoms with E-state index in [2.05, 4.69) is 45.2 Å². The van der Waals surface area contributed by atoms with E-state index < -0.39 is 17.9 Å². The topological polar surface area (TPSA) is 59.3 Å². The fourth-order valence-corrected chi connectivity index (χ4v) is 4.08. The van der Waals surface area contributed by atoms with Crippen molar-refractivity contribution >= 4 is 51.2 Å². The van der Waals surface area contributed by atoms with Crippen LogP contribution >= 0.6 is 45.2 Å². The lowest BCUT2D eigenvalue weighted by Gasteiger charge is -2.14. The van der Waals surface area contributed by atoms with Gasteiger partial charge in [-0.3, -0.25) is 4.79 Å². The molecular formula is C22H18FI2NO3. The number of carbonyl (C=O) groups is 1. The number of hydrogen-bond acceptors (Lipinski definition) is 4. The van der Waals surface area contributed by atoms with Crippen molar-refractivity contribution in [2.75, 3.05) is 0 Å². The van der Waals surface area contributed by atoms with E-state index in [1.54, 1.807) is 24.3 Å². The number of nitriles is 1. The molecule has 150 valence electrons. The minimum atomic E-state index is -1.14. The molecule has 1 aliphatic rings. The lowest BCUT2D eigenvalue weighted by atomic mass is 10.1. The van der Waals surface area contributed by atoms with Gasteiger partial charge in [0, 0.05) is 7.15 Å². The summed E-state index contributed by atoms with van der Waals surface area (Å²) >= 11 is 4.40. The molecule has 0 amide bonds. The average Bonchev–Trinajstić information content (AvgIpc) is 3.21. The molecule has 0 aromatic heterocycles. The molecule has 0 aliphatic heterocycles. The maximum absolute atomic E-state index is 14.2. The summed E-state index contributed by atoms with van der Waals surface area (Å²) in [6, 6.07) is 14.8. The predicted molar refractivity (Wildman–Crippen MR) is 124 cm³/mol. The number of allylic oxidation sites excluding steroid dienone is 1. The van der Waals surface area contributed by atoms with E-state index in [9.17, 15) is 14.4 Å². The van der Waals surface area contributed by atoms with E-state index in [-0.39, 0.29) is 23.0 Å². The van der Waals surface area contributed by atoms with Crippen molar-refractivity contribution in [2.45, 2.75) is 20.0 Å². The lowest BCUT2D eigenvalue weighted by molar-refractivity contribution is -0.149. The van der Waals surface area contributed by atoms with Gasteiger partial charge in [0.1, 0.15) is 11.8 Å². The van der Waals surface area contributed by atoms with E-state index in [4.69, 9.17) is 9.47 Å². The lowest BCUT2D eigenvalue weighted by Crippen LogP contribution is -2.14. The van der Waals surface area contributed by atoms with Gasteiger partial charge in [-0.1, -0.05) is 44.2 Å². The second-order valence-corrected chi connectivity index (χ2v) is 11.7. The van der Waals surface area contributed by atoms with Crippen molar-refractivity contribution in [3.05, 3.63) is 67.6 Å². The largest absolute Gasteiger partial charge is 0.454 e. The summed E-state index contributed by atoms with van der Waals surface area (Å²) in [4.78, 5) is 12.7. The monoisotopic (exact) mass is 617 g/mol. The Hall–Kier alpha value is -1.67. The number of para-hydroxylation sites is 1. The SMILES string of the molecule is CC1(C)[C@H](C=C(I)I)[C@@H]1C(=O)O[C@@H](C#N)c1ccc(F)c(Oc2ccccc2)c1. The molecule has 2 aromatic carbocycles. The minimum Gasteiger partial charge on any atom is -0.454 e. The van der Waals surface area contributed by atoms with Crippen molar-refractivity contribution in [1.29, 1.82) is 5.26 Å². The summed E-state index contributed by atoms with van der Waals surface area (Å²) in [7, 11) is 0. The molecule has 0 unspecified atom stereocenters. The fourth-order valence-electron chi connectivity index (χ4n) is 3.31. The van der Waals surface area contributed by atoms with Crippen molar-refractivity contribution in [3.63, 3.8) is 0 Å². The molecule has 0 heterocycles. The van der Waals surface area contributed by atoms with Crippen LogP contribution in [0.1, 0.15) is 25.5 Å². The number of rotatable bonds is 6. The zero-order valence-electron chi connectivity index (χ0n) is 15.7. The van der Waals surface area contributed by atoms with E-state index in [0.717, 1.165) is 1.59 Å². The summed E-state index contributed by atoms with van der Waals surface area (Å²) in [6.45, 7) is 4.00. The van der Waals surface area contributed by atoms with Gasteiger partial charge in [0.15, 0.2) is 11.6 Å². The van der Waals surface area contributed by atoms with Gasteiger partial charge in [-0.15, -0.1) is 0 Å². The standard InChI is InChI=1S/C22H18FI2NO3/c1-22(2)15(11-19(24)25)20(22)21(27)29-18(12-26)13-8-9-16(23)17(10-13)28-14-6-4-3-5-7-14/h3-11,15,18,20H,1-2H3/t15-,18+,20-/m1/s1. The molecule has 3 atom stereocenters. The fraction of sp³-hybridized carbons (Fsp3) is 0.273. The van der Waals surface area contributed by atoms with Crippen LogP contribution in [0.25, 0.3) is 0 Å². The molecule has 1 saturated carbocycles. The summed E-state index contributed by atoms with van der Waals surface area (Å²) in [6.07, 6.45) is 0.902. The van der Waals surface area contributed by atoms with Gasteiger partial charge >= 0.3 is 5.97 Å². The van der Waals surface area contributed by atoms with Crippen LogP contribution in [0.3, 0.4) is 0 Å². The smallest absolute Gasteiger partial charge is 0.311 e. The molecule has 0 saturated heterocycles. The summed E-state index contributed by atoms with van der Waals surface area (Å²) in [5, 5.41) is 9.55. The summed E-state index contributed by atoms with van der Waals surface area (Å²) < 4.78 is 26.3. The van der Waals surface area contributed by atoms with Crippen LogP contribution in [0.5, 0.6) is 11.5 Å². The van der Waals surface area contributed by atoms with Crippen molar-refractivity contribution in [3.8, 4) is 17.6 Å². The Kier molecular flexibility index (Phi) is 6.83. The highest BCUT2D eigenvalue weighted by Gasteiger charge is 2.61. The van der Waals surface area contributed by atoms with E-state index >= 15 is 0 Å². The summed E-state index contributed by atoms with van der Waals surface area (Å²) in [5.74, 6) is -0.784. The molecule has 0 spiro atoms. The molecule has 1 aliphatic carbocycles. The third-order valence-electron chi connectivity index (χ3n) is 5.05. The molecule has 0 radical (unpaired) electrons. The maximum Gasteiger partial charge on any atom is 0.311 e. The Morgan fingerprint density at radius 1 is 1.24 bits per heavy atom. The molecule has 3 rings (SSSR count). The van der Waals surface area contributed by atoms with Crippen LogP contribution in [0.4, 0.5) is 4.39 Å². The van der Waals surface area contributed by atoms with Gasteiger partial charge in [-0.25, -0.2) is 4.39 Å². The van der Waals surface area contributed by atoms with Crippen molar-refractivity contribution in [1.82, 2.24) is 0 Å². The number of carbonyl (C=O) groups excluding carboxylic acids is 1. The first kappa shape index (κ1) is 22.0. The van der Waals surface area contributed by atoms with Crippen LogP contribution < -0.4 is 4.74 Å². The van der Waals surface area contributed by atoms with Crippen molar-refractivity contribution in [2.24, 2.45) is 17.3 Å². The van der Waals surface area contributed by atoms with Gasteiger partial charge in [-0.05, 0) is 80.8 Å². The second-order valence-electron chi connectivity index (χ2n) is 7.33. The Morgan fingerprint density at radius 2 is 1.93 bits per heavy atom. The highest BCUT2D eigenvalue weighted by atomic mass is 127. The number of benzene rings is 2. The average molecular weight is 617 g/mol. The molecule has 7 heteroatoms. The predicted octanol–water partition coefficient (Wildman–Crippen LogP) is 6.71. The highest BCUT2D eigenvalue weighted by Crippen LogP contribution is 2.60. The molecular weight excluding hydrogens is 599 g/mol. The molecule has 0 N–H and O–H groups in total. The molecule has 2 aromatic rings. The van der Waals surface area contributed by atoms with Crippen LogP contribution in [0, 0.1) is 34.4 Å². The van der Waals surface area contributed by atoms with Gasteiger partial charge in [-0.2, -0.15) is 5.26 Å². The van der Waals surface area contributed by atoms with Gasteiger partial charge in [0.25, 0.3) is 0 Å². The quantitative estimate of drug-likeness (QED) is 0.267.